The molecular formula is C25H30ClF2N5O3. The van der Waals surface area contributed by atoms with Gasteiger partial charge in [-0.1, -0.05) is 17.7 Å². The van der Waals surface area contributed by atoms with Crippen LogP contribution in [0.25, 0.3) is 0 Å². The van der Waals surface area contributed by atoms with Gasteiger partial charge in [0.1, 0.15) is 12.1 Å². The maximum atomic E-state index is 14.9. The Morgan fingerprint density at radius 3 is 2.81 bits per heavy atom. The molecule has 3 N–H and O–H groups in total. The fourth-order valence-corrected chi connectivity index (χ4v) is 5.85. The molecule has 3 saturated heterocycles. The maximum absolute atomic E-state index is 14.9. The van der Waals surface area contributed by atoms with Gasteiger partial charge in [0.2, 0.25) is 17.7 Å². The molecule has 3 amide bonds. The zero-order chi connectivity index (χ0) is 26.0. The van der Waals surface area contributed by atoms with Crippen molar-refractivity contribution < 1.29 is 23.2 Å². The molecule has 1 saturated carbocycles. The van der Waals surface area contributed by atoms with Gasteiger partial charge in [0.15, 0.2) is 0 Å². The number of fused-ring (bicyclic) bond motifs is 3. The standard InChI is InChI=1S/C25H30ClF2N5O3/c1-14-19(26)5-2-6-20(14)31-13-21(34)33-17-7-8-18(25(27,28)11-17)22(33)24(36)32-16(12-29)10-15-4-3-9-30-23(15)35/h2,5-6,15-18,22,31H,3-4,7-11,13H2,1H3,(H,30,35)(H,32,36). The molecule has 1 aromatic rings. The van der Waals surface area contributed by atoms with Crippen LogP contribution < -0.4 is 16.0 Å². The van der Waals surface area contributed by atoms with Crippen LogP contribution in [-0.4, -0.2) is 59.8 Å². The molecule has 0 spiro atoms. The second-order valence-corrected chi connectivity index (χ2v) is 10.3. The number of carbonyl (C=O) groups is 3. The molecule has 0 radical (unpaired) electrons. The number of hydrogen-bond acceptors (Lipinski definition) is 5. The van der Waals surface area contributed by atoms with Crippen molar-refractivity contribution in [3.8, 4) is 6.07 Å². The first-order valence-corrected chi connectivity index (χ1v) is 12.7. The van der Waals surface area contributed by atoms with Gasteiger partial charge >= 0.3 is 0 Å². The topological polar surface area (TPSA) is 114 Å². The molecule has 1 aromatic carbocycles. The highest BCUT2D eigenvalue weighted by Crippen LogP contribution is 2.49. The van der Waals surface area contributed by atoms with Gasteiger partial charge in [-0.25, -0.2) is 8.78 Å². The number of nitrogens with one attached hydrogen (secondary N) is 3. The highest BCUT2D eigenvalue weighted by atomic mass is 35.5. The molecule has 8 nitrogen and oxygen atoms in total. The van der Waals surface area contributed by atoms with E-state index in [4.69, 9.17) is 11.6 Å². The lowest BCUT2D eigenvalue weighted by atomic mass is 9.71. The number of benzene rings is 1. The van der Waals surface area contributed by atoms with Gasteiger partial charge in [0.25, 0.3) is 5.92 Å². The van der Waals surface area contributed by atoms with Gasteiger partial charge in [0, 0.05) is 35.6 Å². The van der Waals surface area contributed by atoms with Gasteiger partial charge in [0.05, 0.1) is 18.5 Å². The smallest absolute Gasteiger partial charge is 0.255 e. The molecule has 194 valence electrons. The van der Waals surface area contributed by atoms with Gasteiger partial charge in [-0.15, -0.1) is 0 Å². The normalized spacial score (nSPS) is 27.5. The van der Waals surface area contributed by atoms with E-state index in [2.05, 4.69) is 16.0 Å². The van der Waals surface area contributed by atoms with E-state index in [-0.39, 0.29) is 25.3 Å². The first kappa shape index (κ1) is 26.1. The van der Waals surface area contributed by atoms with Crippen LogP contribution in [0, 0.1) is 30.1 Å². The summed E-state index contributed by atoms with van der Waals surface area (Å²) in [6.07, 6.45) is 1.45. The van der Waals surface area contributed by atoms with Crippen LogP contribution in [0.5, 0.6) is 0 Å². The third-order valence-electron chi connectivity index (χ3n) is 7.58. The molecule has 4 fully saturated rings. The van der Waals surface area contributed by atoms with E-state index >= 15 is 0 Å². The van der Waals surface area contributed by atoms with Crippen molar-refractivity contribution in [2.24, 2.45) is 11.8 Å². The molecule has 5 atom stereocenters. The molecule has 0 aromatic heterocycles. The van der Waals surface area contributed by atoms with Crippen LogP contribution in [0.4, 0.5) is 14.5 Å². The van der Waals surface area contributed by atoms with Crippen LogP contribution in [0.2, 0.25) is 5.02 Å². The summed E-state index contributed by atoms with van der Waals surface area (Å²) in [5, 5.41) is 18.4. The molecular weight excluding hydrogens is 492 g/mol. The SMILES string of the molecule is Cc1c(Cl)cccc1NCC(=O)N1C2CCC(C1C(=O)NC(C#N)CC1CCCNC1=O)C(F)(F)C2. The first-order valence-electron chi connectivity index (χ1n) is 12.3. The molecule has 2 bridgehead atoms. The minimum Gasteiger partial charge on any atom is -0.376 e. The zero-order valence-corrected chi connectivity index (χ0v) is 20.8. The highest BCUT2D eigenvalue weighted by molar-refractivity contribution is 6.31. The van der Waals surface area contributed by atoms with Gasteiger partial charge in [-0.3, -0.25) is 14.4 Å². The average molecular weight is 522 g/mol. The molecule has 3 heterocycles. The fourth-order valence-electron chi connectivity index (χ4n) is 5.67. The minimum absolute atomic E-state index is 0.0921. The number of nitriles is 1. The summed E-state index contributed by atoms with van der Waals surface area (Å²) in [5.41, 5.74) is 1.39. The van der Waals surface area contributed by atoms with Crippen LogP contribution >= 0.6 is 11.6 Å². The number of alkyl halides is 2. The molecule has 1 aliphatic carbocycles. The Balaban J connectivity index is 1.50. The van der Waals surface area contributed by atoms with Crippen LogP contribution in [0.1, 0.15) is 44.1 Å². The minimum atomic E-state index is -3.09. The van der Waals surface area contributed by atoms with Crippen molar-refractivity contribution >= 4 is 35.0 Å². The number of piperidine rings is 3. The second kappa shape index (κ2) is 10.6. The summed E-state index contributed by atoms with van der Waals surface area (Å²) in [4.78, 5) is 40.0. The molecule has 3 aliphatic heterocycles. The monoisotopic (exact) mass is 521 g/mol. The van der Waals surface area contributed by atoms with Crippen molar-refractivity contribution in [2.75, 3.05) is 18.4 Å². The van der Waals surface area contributed by atoms with E-state index < -0.39 is 54.1 Å². The van der Waals surface area contributed by atoms with E-state index in [1.54, 1.807) is 25.1 Å². The fraction of sp³-hybridized carbons (Fsp3) is 0.600. The van der Waals surface area contributed by atoms with E-state index in [9.17, 15) is 28.4 Å². The van der Waals surface area contributed by atoms with Crippen molar-refractivity contribution in [1.82, 2.24) is 15.5 Å². The number of halogens is 3. The Kier molecular flexibility index (Phi) is 7.69. The van der Waals surface area contributed by atoms with Crippen molar-refractivity contribution in [3.63, 3.8) is 0 Å². The quantitative estimate of drug-likeness (QED) is 0.510. The lowest BCUT2D eigenvalue weighted by Crippen LogP contribution is -2.69. The summed E-state index contributed by atoms with van der Waals surface area (Å²) in [5.74, 6) is -6.30. The lowest BCUT2D eigenvalue weighted by molar-refractivity contribution is -0.193. The Bertz CT molecular complexity index is 1080. The maximum Gasteiger partial charge on any atom is 0.255 e. The lowest BCUT2D eigenvalue weighted by Gasteiger charge is -2.53. The molecule has 5 rings (SSSR count). The van der Waals surface area contributed by atoms with Gasteiger partial charge < -0.3 is 20.9 Å². The second-order valence-electron chi connectivity index (χ2n) is 9.87. The summed E-state index contributed by atoms with van der Waals surface area (Å²) < 4.78 is 29.7. The van der Waals surface area contributed by atoms with Crippen LogP contribution in [0.15, 0.2) is 18.2 Å². The summed E-state index contributed by atoms with van der Waals surface area (Å²) in [6.45, 7) is 2.17. The summed E-state index contributed by atoms with van der Waals surface area (Å²) in [6, 6.07) is 4.00. The summed E-state index contributed by atoms with van der Waals surface area (Å²) >= 11 is 6.14. The Morgan fingerprint density at radius 2 is 2.11 bits per heavy atom. The van der Waals surface area contributed by atoms with Crippen LogP contribution in [-0.2, 0) is 14.4 Å². The van der Waals surface area contributed by atoms with E-state index in [1.807, 2.05) is 6.07 Å². The Hall–Kier alpha value is -2.93. The predicted molar refractivity (Wildman–Crippen MR) is 129 cm³/mol. The predicted octanol–water partition coefficient (Wildman–Crippen LogP) is 3.00. The summed E-state index contributed by atoms with van der Waals surface area (Å²) in [7, 11) is 0. The zero-order valence-electron chi connectivity index (χ0n) is 20.0. The highest BCUT2D eigenvalue weighted by Gasteiger charge is 2.60. The molecule has 5 unspecified atom stereocenters. The number of amides is 3. The van der Waals surface area contributed by atoms with Crippen LogP contribution in [0.3, 0.4) is 0 Å². The number of rotatable bonds is 7. The van der Waals surface area contributed by atoms with Crippen molar-refractivity contribution in [3.05, 3.63) is 28.8 Å². The number of carbonyl (C=O) groups excluding carboxylic acids is 3. The van der Waals surface area contributed by atoms with E-state index in [1.165, 1.54) is 4.90 Å². The molecule has 4 aliphatic rings. The van der Waals surface area contributed by atoms with Crippen molar-refractivity contribution in [2.45, 2.75) is 69.5 Å². The Labute approximate surface area is 213 Å². The number of hydrogen-bond donors (Lipinski definition) is 3. The number of anilines is 1. The Morgan fingerprint density at radius 1 is 1.33 bits per heavy atom. The number of nitrogens with zero attached hydrogens (tertiary/aromatic N) is 2. The third-order valence-corrected chi connectivity index (χ3v) is 7.99. The van der Waals surface area contributed by atoms with Crippen molar-refractivity contribution in [1.29, 1.82) is 5.26 Å². The first-order chi connectivity index (χ1) is 17.1. The third kappa shape index (κ3) is 5.26. The van der Waals surface area contributed by atoms with Gasteiger partial charge in [-0.2, -0.15) is 5.26 Å². The van der Waals surface area contributed by atoms with E-state index in [0.717, 1.165) is 12.0 Å². The van der Waals surface area contributed by atoms with E-state index in [0.29, 0.717) is 30.1 Å². The van der Waals surface area contributed by atoms with Gasteiger partial charge in [-0.05, 0) is 56.7 Å². The molecule has 36 heavy (non-hydrogen) atoms. The molecule has 11 heteroatoms. The average Bonchev–Trinajstić information content (AvgIpc) is 2.84. The largest absolute Gasteiger partial charge is 0.376 e.